The molecule has 0 saturated carbocycles. The van der Waals surface area contributed by atoms with E-state index >= 15 is 0 Å². The van der Waals surface area contributed by atoms with Crippen molar-refractivity contribution in [1.29, 1.82) is 0 Å². The van der Waals surface area contributed by atoms with Crippen LogP contribution < -0.4 is 15.5 Å². The second-order valence-corrected chi connectivity index (χ2v) is 5.16. The number of hydrogen-bond donors (Lipinski definition) is 0. The van der Waals surface area contributed by atoms with Crippen molar-refractivity contribution in [3.05, 3.63) is 46.3 Å². The Morgan fingerprint density at radius 2 is 1.90 bits per heavy atom. The number of anilines is 1. The Labute approximate surface area is 120 Å². The van der Waals surface area contributed by atoms with Gasteiger partial charge in [0.1, 0.15) is 16.5 Å². The molecule has 0 unspecified atom stereocenters. The molecule has 5 heteroatoms. The minimum atomic E-state index is -0.601. The van der Waals surface area contributed by atoms with Gasteiger partial charge in [0.2, 0.25) is 0 Å². The zero-order valence-corrected chi connectivity index (χ0v) is 12.1. The van der Waals surface area contributed by atoms with Crippen LogP contribution in [0.25, 0.3) is 21.9 Å². The van der Waals surface area contributed by atoms with Crippen molar-refractivity contribution < 1.29 is 14.2 Å². The number of carbonyl (C=O) groups is 1. The molecule has 0 fully saturated rings. The lowest BCUT2D eigenvalue weighted by atomic mass is 10.1. The van der Waals surface area contributed by atoms with Gasteiger partial charge in [0.05, 0.1) is 19.5 Å². The van der Waals surface area contributed by atoms with Gasteiger partial charge in [-0.15, -0.1) is 0 Å². The van der Waals surface area contributed by atoms with E-state index in [0.717, 1.165) is 16.7 Å². The molecular weight excluding hydrogens is 268 g/mol. The monoisotopic (exact) mass is 283 g/mol. The van der Waals surface area contributed by atoms with Gasteiger partial charge < -0.3 is 4.42 Å². The summed E-state index contributed by atoms with van der Waals surface area (Å²) >= 11 is 0. The van der Waals surface area contributed by atoms with Gasteiger partial charge in [0.25, 0.3) is 5.82 Å². The fourth-order valence-corrected chi connectivity index (χ4v) is 2.43. The Bertz CT molecular complexity index is 926. The van der Waals surface area contributed by atoms with Crippen LogP contribution in [0.15, 0.2) is 39.5 Å². The van der Waals surface area contributed by atoms with Crippen LogP contribution in [-0.2, 0) is 0 Å². The van der Waals surface area contributed by atoms with Crippen molar-refractivity contribution in [2.75, 3.05) is 19.0 Å². The molecule has 2 aromatic heterocycles. The zero-order chi connectivity index (χ0) is 15.1. The molecule has 0 atom stereocenters. The summed E-state index contributed by atoms with van der Waals surface area (Å²) in [4.78, 5) is 28.8. The summed E-state index contributed by atoms with van der Waals surface area (Å²) in [6.45, 7) is 1.36. The van der Waals surface area contributed by atoms with Crippen molar-refractivity contribution in [3.8, 4) is 0 Å². The third-order valence-corrected chi connectivity index (χ3v) is 3.45. The lowest BCUT2D eigenvalue weighted by Crippen LogP contribution is -2.22. The second-order valence-electron chi connectivity index (χ2n) is 5.16. The average Bonchev–Trinajstić information content (AvgIpc) is 2.45. The highest BCUT2D eigenvalue weighted by molar-refractivity contribution is 6.06. The van der Waals surface area contributed by atoms with E-state index in [2.05, 4.69) is 4.98 Å². The first kappa shape index (κ1) is 13.3. The zero-order valence-electron chi connectivity index (χ0n) is 12.1. The van der Waals surface area contributed by atoms with Crippen molar-refractivity contribution >= 4 is 33.5 Å². The van der Waals surface area contributed by atoms with E-state index < -0.39 is 5.63 Å². The van der Waals surface area contributed by atoms with Gasteiger partial charge >= 0.3 is 5.63 Å². The third-order valence-electron chi connectivity index (χ3n) is 3.45. The van der Waals surface area contributed by atoms with Gasteiger partial charge in [0, 0.05) is 0 Å². The largest absolute Gasteiger partial charge is 0.421 e. The highest BCUT2D eigenvalue weighted by atomic mass is 16.4. The molecule has 21 heavy (non-hydrogen) atoms. The first-order valence-electron chi connectivity index (χ1n) is 6.59. The van der Waals surface area contributed by atoms with Crippen molar-refractivity contribution in [1.82, 2.24) is 0 Å². The summed E-state index contributed by atoms with van der Waals surface area (Å²) < 4.78 is 5.44. The average molecular weight is 283 g/mol. The number of Topliss-reactive ketones (excluding diaryl/α,β-unsaturated/α-hetero) is 1. The van der Waals surface area contributed by atoms with Crippen molar-refractivity contribution in [2.45, 2.75) is 6.92 Å². The van der Waals surface area contributed by atoms with Gasteiger partial charge in [0.15, 0.2) is 11.4 Å². The first-order chi connectivity index (χ1) is 9.99. The van der Waals surface area contributed by atoms with E-state index in [-0.39, 0.29) is 11.3 Å². The van der Waals surface area contributed by atoms with Crippen LogP contribution in [0.3, 0.4) is 0 Å². The molecule has 106 valence electrons. The lowest BCUT2D eigenvalue weighted by molar-refractivity contribution is -0.328. The number of nitrogens with one attached hydrogen (secondary N) is 1. The number of aromatic amines is 1. The minimum Gasteiger partial charge on any atom is -0.421 e. The maximum absolute atomic E-state index is 12.0. The molecule has 1 aromatic carbocycles. The standard InChI is InChI=1S/C16H14N2O3/c1-9(19)11-8-12-14(21-16(11)20)10-6-4-5-7-13(10)17-15(12)18(2)3/h4-8H,1-3H3/p+1. The Morgan fingerprint density at radius 1 is 1.19 bits per heavy atom. The summed E-state index contributed by atoms with van der Waals surface area (Å²) in [5.74, 6) is 0.485. The molecular formula is C16H15N2O3+. The van der Waals surface area contributed by atoms with Gasteiger partial charge in [-0.3, -0.25) is 9.69 Å². The summed E-state index contributed by atoms with van der Waals surface area (Å²) in [6, 6.07) is 9.18. The Morgan fingerprint density at radius 3 is 2.57 bits per heavy atom. The number of aromatic nitrogens is 1. The summed E-state index contributed by atoms with van der Waals surface area (Å²) in [6.07, 6.45) is 0. The minimum absolute atomic E-state index is 0.0641. The number of rotatable bonds is 2. The number of para-hydroxylation sites is 1. The third kappa shape index (κ3) is 2.07. The summed E-state index contributed by atoms with van der Waals surface area (Å²) in [5.41, 5.74) is 0.820. The molecule has 0 aliphatic heterocycles. The fourth-order valence-electron chi connectivity index (χ4n) is 2.43. The number of fused-ring (bicyclic) bond motifs is 3. The molecule has 2 heterocycles. The number of ketones is 1. The van der Waals surface area contributed by atoms with Gasteiger partial charge in [-0.2, -0.15) is 0 Å². The molecule has 0 bridgehead atoms. The molecule has 3 aromatic rings. The topological polar surface area (TPSA) is 64.7 Å². The maximum atomic E-state index is 12.0. The molecule has 0 aliphatic rings. The lowest BCUT2D eigenvalue weighted by Gasteiger charge is -2.09. The molecule has 5 nitrogen and oxygen atoms in total. The molecule has 0 saturated heterocycles. The molecule has 0 spiro atoms. The number of nitrogens with zero attached hydrogens (tertiary/aromatic N) is 1. The quantitative estimate of drug-likeness (QED) is 0.533. The predicted octanol–water partition coefficient (Wildman–Crippen LogP) is 2.03. The normalized spacial score (nSPS) is 11.0. The van der Waals surface area contributed by atoms with Crippen LogP contribution in [0.5, 0.6) is 0 Å². The van der Waals surface area contributed by atoms with E-state index in [9.17, 15) is 9.59 Å². The van der Waals surface area contributed by atoms with Gasteiger partial charge in [-0.05, 0) is 25.1 Å². The van der Waals surface area contributed by atoms with Crippen molar-refractivity contribution in [2.24, 2.45) is 0 Å². The summed E-state index contributed by atoms with van der Waals surface area (Å²) in [5, 5.41) is 1.52. The van der Waals surface area contributed by atoms with E-state index in [1.807, 2.05) is 43.3 Å². The van der Waals surface area contributed by atoms with Gasteiger partial charge in [-0.25, -0.2) is 9.78 Å². The van der Waals surface area contributed by atoms with E-state index in [0.29, 0.717) is 11.0 Å². The number of pyridine rings is 1. The van der Waals surface area contributed by atoms with Gasteiger partial charge in [-0.1, -0.05) is 12.1 Å². The fraction of sp³-hybridized carbons (Fsp3) is 0.188. The first-order valence-corrected chi connectivity index (χ1v) is 6.59. The SMILES string of the molecule is CC(=O)c1cc2c(N(C)C)[nH+]c3ccccc3c2oc1=O. The highest BCUT2D eigenvalue weighted by Crippen LogP contribution is 2.27. The maximum Gasteiger partial charge on any atom is 0.347 e. The molecule has 0 amide bonds. The number of carbonyl (C=O) groups excluding carboxylic acids is 1. The van der Waals surface area contributed by atoms with Crippen LogP contribution in [0.2, 0.25) is 0 Å². The molecule has 1 N–H and O–H groups in total. The molecule has 3 rings (SSSR count). The molecule has 0 aliphatic carbocycles. The molecule has 0 radical (unpaired) electrons. The van der Waals surface area contributed by atoms with Crippen LogP contribution >= 0.6 is 0 Å². The van der Waals surface area contributed by atoms with E-state index in [4.69, 9.17) is 4.42 Å². The smallest absolute Gasteiger partial charge is 0.347 e. The van der Waals surface area contributed by atoms with Crippen molar-refractivity contribution in [3.63, 3.8) is 0 Å². The van der Waals surface area contributed by atoms with Crippen LogP contribution in [-0.4, -0.2) is 19.9 Å². The Kier molecular flexibility index (Phi) is 2.97. The van der Waals surface area contributed by atoms with Crippen LogP contribution in [0.1, 0.15) is 17.3 Å². The Hall–Kier alpha value is -2.69. The number of benzene rings is 1. The predicted molar refractivity (Wildman–Crippen MR) is 80.9 cm³/mol. The number of H-pyrrole nitrogens is 1. The van der Waals surface area contributed by atoms with Crippen LogP contribution in [0, 0.1) is 0 Å². The summed E-state index contributed by atoms with van der Waals surface area (Å²) in [7, 11) is 3.77. The van der Waals surface area contributed by atoms with E-state index in [1.54, 1.807) is 6.07 Å². The number of hydrogen-bond acceptors (Lipinski definition) is 4. The highest BCUT2D eigenvalue weighted by Gasteiger charge is 2.20. The van der Waals surface area contributed by atoms with Crippen LogP contribution in [0.4, 0.5) is 5.82 Å². The second kappa shape index (κ2) is 4.70. The Balaban J connectivity index is 2.56. The van der Waals surface area contributed by atoms with E-state index in [1.165, 1.54) is 6.92 Å².